The summed E-state index contributed by atoms with van der Waals surface area (Å²) in [6, 6.07) is 1.05. The van der Waals surface area contributed by atoms with Crippen LogP contribution in [0.3, 0.4) is 0 Å². The topological polar surface area (TPSA) is 49.6 Å². The van der Waals surface area contributed by atoms with Gasteiger partial charge in [0.15, 0.2) is 0 Å². The van der Waals surface area contributed by atoms with Crippen LogP contribution in [-0.2, 0) is 4.79 Å². The summed E-state index contributed by atoms with van der Waals surface area (Å²) in [4.78, 5) is 16.9. The molecule has 1 atom stereocenters. The molecule has 0 aromatic rings. The van der Waals surface area contributed by atoms with Crippen LogP contribution in [0.25, 0.3) is 0 Å². The van der Waals surface area contributed by atoms with E-state index in [2.05, 4.69) is 25.7 Å². The number of rotatable bonds is 8. The quantitative estimate of drug-likeness (QED) is 0.749. The van der Waals surface area contributed by atoms with Gasteiger partial charge >= 0.3 is 0 Å². The van der Waals surface area contributed by atoms with Crippen molar-refractivity contribution in [2.24, 2.45) is 11.7 Å². The first-order valence-corrected chi connectivity index (χ1v) is 8.69. The van der Waals surface area contributed by atoms with E-state index in [0.29, 0.717) is 30.3 Å². The standard InChI is InChI=1S/C17H35N3O/c1-5-15(8-11-18)6-7-17(21)19(4)16-9-12-20(13-10-16)14(2)3/h14-16H,5-13,18H2,1-4H3. The Kier molecular flexibility index (Phi) is 8.27. The Bertz CT molecular complexity index is 298. The average molecular weight is 297 g/mol. The first kappa shape index (κ1) is 18.4. The minimum absolute atomic E-state index is 0.313. The van der Waals surface area contributed by atoms with Gasteiger partial charge in [-0.15, -0.1) is 0 Å². The maximum absolute atomic E-state index is 12.4. The van der Waals surface area contributed by atoms with Gasteiger partial charge in [0.1, 0.15) is 0 Å². The summed E-state index contributed by atoms with van der Waals surface area (Å²) >= 11 is 0. The number of nitrogens with zero attached hydrogens (tertiary/aromatic N) is 2. The Morgan fingerprint density at radius 2 is 1.90 bits per heavy atom. The minimum atomic E-state index is 0.313. The van der Waals surface area contributed by atoms with E-state index in [9.17, 15) is 4.79 Å². The second kappa shape index (κ2) is 9.42. The third kappa shape index (κ3) is 5.95. The fraction of sp³-hybridized carbons (Fsp3) is 0.941. The average Bonchev–Trinajstić information content (AvgIpc) is 2.50. The summed E-state index contributed by atoms with van der Waals surface area (Å²) < 4.78 is 0. The molecule has 0 spiro atoms. The number of carbonyl (C=O) groups excluding carboxylic acids is 1. The molecule has 1 unspecified atom stereocenters. The molecule has 0 radical (unpaired) electrons. The molecule has 21 heavy (non-hydrogen) atoms. The van der Waals surface area contributed by atoms with E-state index in [4.69, 9.17) is 5.73 Å². The molecule has 0 aromatic carbocycles. The van der Waals surface area contributed by atoms with Gasteiger partial charge in [-0.25, -0.2) is 0 Å². The van der Waals surface area contributed by atoms with Gasteiger partial charge in [-0.05, 0) is 52.0 Å². The second-order valence-corrected chi connectivity index (χ2v) is 6.76. The normalized spacial score (nSPS) is 19.0. The summed E-state index contributed by atoms with van der Waals surface area (Å²) in [6.45, 7) is 9.65. The lowest BCUT2D eigenvalue weighted by molar-refractivity contribution is -0.133. The minimum Gasteiger partial charge on any atom is -0.343 e. The van der Waals surface area contributed by atoms with Gasteiger partial charge in [-0.1, -0.05) is 13.3 Å². The Labute approximate surface area is 131 Å². The third-order valence-electron chi connectivity index (χ3n) is 5.09. The zero-order valence-electron chi connectivity index (χ0n) is 14.5. The third-order valence-corrected chi connectivity index (χ3v) is 5.09. The summed E-state index contributed by atoms with van der Waals surface area (Å²) in [6.07, 6.45) is 6.06. The molecule has 1 amide bonds. The molecule has 4 nitrogen and oxygen atoms in total. The molecule has 1 aliphatic heterocycles. The number of nitrogens with two attached hydrogens (primary N) is 1. The molecule has 1 rings (SSSR count). The molecule has 4 heteroatoms. The summed E-state index contributed by atoms with van der Waals surface area (Å²) in [5.41, 5.74) is 5.63. The van der Waals surface area contributed by atoms with Crippen LogP contribution in [0, 0.1) is 5.92 Å². The highest BCUT2D eigenvalue weighted by atomic mass is 16.2. The lowest BCUT2D eigenvalue weighted by Gasteiger charge is -2.38. The second-order valence-electron chi connectivity index (χ2n) is 6.76. The molecule has 1 aliphatic rings. The predicted molar refractivity (Wildman–Crippen MR) is 89.2 cm³/mol. The van der Waals surface area contributed by atoms with E-state index in [1.54, 1.807) is 0 Å². The van der Waals surface area contributed by atoms with Gasteiger partial charge in [0.05, 0.1) is 0 Å². The van der Waals surface area contributed by atoms with E-state index in [-0.39, 0.29) is 0 Å². The van der Waals surface area contributed by atoms with Crippen molar-refractivity contribution in [1.29, 1.82) is 0 Å². The van der Waals surface area contributed by atoms with E-state index in [1.807, 2.05) is 11.9 Å². The van der Waals surface area contributed by atoms with Crippen LogP contribution in [0.1, 0.15) is 59.3 Å². The zero-order chi connectivity index (χ0) is 15.8. The lowest BCUT2D eigenvalue weighted by atomic mass is 9.95. The van der Waals surface area contributed by atoms with Gasteiger partial charge in [-0.2, -0.15) is 0 Å². The Morgan fingerprint density at radius 1 is 1.29 bits per heavy atom. The van der Waals surface area contributed by atoms with E-state index >= 15 is 0 Å². The van der Waals surface area contributed by atoms with Crippen molar-refractivity contribution in [3.8, 4) is 0 Å². The van der Waals surface area contributed by atoms with E-state index < -0.39 is 0 Å². The van der Waals surface area contributed by atoms with Crippen molar-refractivity contribution in [2.45, 2.75) is 71.4 Å². The van der Waals surface area contributed by atoms with Gasteiger partial charge in [0, 0.05) is 38.6 Å². The predicted octanol–water partition coefficient (Wildman–Crippen LogP) is 2.47. The van der Waals surface area contributed by atoms with Gasteiger partial charge in [0.2, 0.25) is 5.91 Å². The van der Waals surface area contributed by atoms with Crippen LogP contribution in [0.4, 0.5) is 0 Å². The number of piperidine rings is 1. The molecular formula is C17H35N3O. The number of hydrogen-bond acceptors (Lipinski definition) is 3. The number of amides is 1. The maximum Gasteiger partial charge on any atom is 0.222 e. The van der Waals surface area contributed by atoms with Crippen molar-refractivity contribution < 1.29 is 4.79 Å². The highest BCUT2D eigenvalue weighted by Gasteiger charge is 2.26. The van der Waals surface area contributed by atoms with Crippen molar-refractivity contribution in [3.63, 3.8) is 0 Å². The molecule has 1 saturated heterocycles. The fourth-order valence-electron chi connectivity index (χ4n) is 3.29. The lowest BCUT2D eigenvalue weighted by Crippen LogP contribution is -2.47. The first-order chi connectivity index (χ1) is 9.99. The van der Waals surface area contributed by atoms with Gasteiger partial charge < -0.3 is 15.5 Å². The van der Waals surface area contributed by atoms with Gasteiger partial charge in [0.25, 0.3) is 0 Å². The van der Waals surface area contributed by atoms with Gasteiger partial charge in [-0.3, -0.25) is 4.79 Å². The number of hydrogen-bond donors (Lipinski definition) is 1. The highest BCUT2D eigenvalue weighted by molar-refractivity contribution is 5.76. The van der Waals surface area contributed by atoms with Crippen molar-refractivity contribution in [3.05, 3.63) is 0 Å². The SMILES string of the molecule is CCC(CCN)CCC(=O)N(C)C1CCN(C(C)C)CC1. The monoisotopic (exact) mass is 297 g/mol. The van der Waals surface area contributed by atoms with E-state index in [1.165, 1.54) is 0 Å². The fourth-order valence-corrected chi connectivity index (χ4v) is 3.29. The molecule has 124 valence electrons. The molecule has 0 bridgehead atoms. The molecule has 0 saturated carbocycles. The maximum atomic E-state index is 12.4. The van der Waals surface area contributed by atoms with Crippen LogP contribution < -0.4 is 5.73 Å². The van der Waals surface area contributed by atoms with Crippen molar-refractivity contribution in [2.75, 3.05) is 26.7 Å². The first-order valence-electron chi connectivity index (χ1n) is 8.69. The van der Waals surface area contributed by atoms with Crippen molar-refractivity contribution in [1.82, 2.24) is 9.80 Å². The van der Waals surface area contributed by atoms with Crippen LogP contribution in [0.2, 0.25) is 0 Å². The summed E-state index contributed by atoms with van der Waals surface area (Å²) in [5.74, 6) is 0.920. The van der Waals surface area contributed by atoms with Crippen LogP contribution in [-0.4, -0.2) is 54.5 Å². The molecule has 1 heterocycles. The van der Waals surface area contributed by atoms with Crippen LogP contribution in [0.5, 0.6) is 0 Å². The molecule has 2 N–H and O–H groups in total. The largest absolute Gasteiger partial charge is 0.343 e. The van der Waals surface area contributed by atoms with E-state index in [0.717, 1.165) is 51.7 Å². The Balaban J connectivity index is 2.34. The van der Waals surface area contributed by atoms with Crippen LogP contribution >= 0.6 is 0 Å². The molecular weight excluding hydrogens is 262 g/mol. The number of carbonyl (C=O) groups is 1. The smallest absolute Gasteiger partial charge is 0.222 e. The van der Waals surface area contributed by atoms with Crippen LogP contribution in [0.15, 0.2) is 0 Å². The molecule has 0 aromatic heterocycles. The summed E-state index contributed by atoms with van der Waals surface area (Å²) in [5, 5.41) is 0. The molecule has 0 aliphatic carbocycles. The number of likely N-dealkylation sites (tertiary alicyclic amines) is 1. The highest BCUT2D eigenvalue weighted by Crippen LogP contribution is 2.20. The Morgan fingerprint density at radius 3 is 2.38 bits per heavy atom. The Hall–Kier alpha value is -0.610. The van der Waals surface area contributed by atoms with Crippen molar-refractivity contribution >= 4 is 5.91 Å². The summed E-state index contributed by atoms with van der Waals surface area (Å²) in [7, 11) is 1.99. The molecule has 1 fully saturated rings. The zero-order valence-corrected chi connectivity index (χ0v) is 14.5.